The highest BCUT2D eigenvalue weighted by atomic mass is 35.5. The molecule has 0 aliphatic heterocycles. The Morgan fingerprint density at radius 2 is 1.81 bits per heavy atom. The van der Waals surface area contributed by atoms with Gasteiger partial charge in [-0.2, -0.15) is 5.10 Å². The SMILES string of the molecule is COc1cc2ncccc2cc1Cc1c(SC)nn(-c2c(Cl)cc(Cl)cc2Cl)c1N(C)C. The molecule has 0 saturated carbocycles. The maximum atomic E-state index is 6.54. The van der Waals surface area contributed by atoms with Gasteiger partial charge < -0.3 is 9.64 Å². The topological polar surface area (TPSA) is 43.2 Å². The number of pyridine rings is 1. The lowest BCUT2D eigenvalue weighted by Gasteiger charge is -2.19. The van der Waals surface area contributed by atoms with E-state index in [9.17, 15) is 0 Å². The molecule has 2 aromatic heterocycles. The third-order valence-electron chi connectivity index (χ3n) is 5.10. The highest BCUT2D eigenvalue weighted by Crippen LogP contribution is 2.40. The molecule has 0 fully saturated rings. The van der Waals surface area contributed by atoms with Crippen LogP contribution in [0.4, 0.5) is 5.82 Å². The molecule has 166 valence electrons. The van der Waals surface area contributed by atoms with Crippen LogP contribution < -0.4 is 9.64 Å². The Morgan fingerprint density at radius 3 is 2.44 bits per heavy atom. The van der Waals surface area contributed by atoms with E-state index in [2.05, 4.69) is 11.1 Å². The van der Waals surface area contributed by atoms with Crippen molar-refractivity contribution in [3.63, 3.8) is 0 Å². The van der Waals surface area contributed by atoms with E-state index >= 15 is 0 Å². The van der Waals surface area contributed by atoms with Gasteiger partial charge in [0.2, 0.25) is 0 Å². The summed E-state index contributed by atoms with van der Waals surface area (Å²) in [5.41, 5.74) is 3.57. The molecule has 0 bridgehead atoms. The van der Waals surface area contributed by atoms with Gasteiger partial charge in [-0.15, -0.1) is 11.8 Å². The lowest BCUT2D eigenvalue weighted by molar-refractivity contribution is 0.411. The van der Waals surface area contributed by atoms with Crippen LogP contribution >= 0.6 is 46.6 Å². The molecule has 0 aliphatic carbocycles. The molecule has 9 heteroatoms. The van der Waals surface area contributed by atoms with Gasteiger partial charge in [-0.1, -0.05) is 40.9 Å². The maximum Gasteiger partial charge on any atom is 0.136 e. The number of benzene rings is 2. The van der Waals surface area contributed by atoms with Gasteiger partial charge in [-0.3, -0.25) is 4.98 Å². The smallest absolute Gasteiger partial charge is 0.136 e. The summed E-state index contributed by atoms with van der Waals surface area (Å²) in [4.78, 5) is 6.45. The minimum absolute atomic E-state index is 0.432. The number of nitrogens with zero attached hydrogens (tertiary/aromatic N) is 4. The van der Waals surface area contributed by atoms with Crippen LogP contribution in [0, 0.1) is 0 Å². The Balaban J connectivity index is 1.92. The molecule has 0 spiro atoms. The first-order valence-electron chi connectivity index (χ1n) is 9.73. The number of aromatic nitrogens is 3. The quantitative estimate of drug-likeness (QED) is 0.269. The minimum Gasteiger partial charge on any atom is -0.496 e. The van der Waals surface area contributed by atoms with E-state index in [1.807, 2.05) is 43.5 Å². The maximum absolute atomic E-state index is 6.54. The molecule has 2 heterocycles. The Morgan fingerprint density at radius 1 is 1.09 bits per heavy atom. The summed E-state index contributed by atoms with van der Waals surface area (Å²) >= 11 is 20.8. The molecule has 0 radical (unpaired) electrons. The predicted octanol–water partition coefficient (Wildman–Crippen LogP) is 6.77. The third kappa shape index (κ3) is 4.25. The van der Waals surface area contributed by atoms with Crippen molar-refractivity contribution >= 4 is 63.3 Å². The number of hydrogen-bond donors (Lipinski definition) is 0. The standard InChI is InChI=1S/C23H21Cl3N4OS/c1-29(2)23-16(9-14-8-13-6-5-7-27-19(13)12-20(14)31-3)22(32-4)28-30(23)21-17(25)10-15(24)11-18(21)26/h5-8,10-12H,9H2,1-4H3. The molecular formula is C23H21Cl3N4OS. The van der Waals surface area contributed by atoms with Crippen LogP contribution in [0.3, 0.4) is 0 Å². The number of halogens is 3. The van der Waals surface area contributed by atoms with Gasteiger partial charge in [-0.25, -0.2) is 4.68 Å². The van der Waals surface area contributed by atoms with Gasteiger partial charge >= 0.3 is 0 Å². The van der Waals surface area contributed by atoms with Crippen molar-refractivity contribution in [1.82, 2.24) is 14.8 Å². The predicted molar refractivity (Wildman–Crippen MR) is 136 cm³/mol. The van der Waals surface area contributed by atoms with Crippen molar-refractivity contribution in [1.29, 1.82) is 0 Å². The van der Waals surface area contributed by atoms with Crippen molar-refractivity contribution in [3.05, 3.63) is 68.8 Å². The van der Waals surface area contributed by atoms with Crippen molar-refractivity contribution in [3.8, 4) is 11.4 Å². The van der Waals surface area contributed by atoms with Crippen molar-refractivity contribution in [2.75, 3.05) is 32.4 Å². The third-order valence-corrected chi connectivity index (χ3v) is 6.61. The summed E-state index contributed by atoms with van der Waals surface area (Å²) in [6.45, 7) is 0. The zero-order valence-corrected chi connectivity index (χ0v) is 21.1. The molecule has 0 atom stereocenters. The molecule has 0 N–H and O–H groups in total. The number of hydrogen-bond acceptors (Lipinski definition) is 5. The summed E-state index contributed by atoms with van der Waals surface area (Å²) < 4.78 is 7.49. The summed E-state index contributed by atoms with van der Waals surface area (Å²) in [5, 5.41) is 8.13. The molecule has 0 aliphatic rings. The van der Waals surface area contributed by atoms with Crippen LogP contribution in [0.2, 0.25) is 15.1 Å². The van der Waals surface area contributed by atoms with Gasteiger partial charge in [0.1, 0.15) is 22.3 Å². The van der Waals surface area contributed by atoms with E-state index in [1.165, 1.54) is 0 Å². The van der Waals surface area contributed by atoms with Gasteiger partial charge in [0.15, 0.2) is 0 Å². The van der Waals surface area contributed by atoms with Crippen molar-refractivity contribution in [2.24, 2.45) is 0 Å². The van der Waals surface area contributed by atoms with E-state index in [0.717, 1.165) is 38.6 Å². The van der Waals surface area contributed by atoms with Gasteiger partial charge in [0.05, 0.1) is 22.7 Å². The Hall–Kier alpha value is -2.12. The summed E-state index contributed by atoms with van der Waals surface area (Å²) in [6.07, 6.45) is 4.39. The highest BCUT2D eigenvalue weighted by molar-refractivity contribution is 7.98. The Kier molecular flexibility index (Phi) is 6.77. The lowest BCUT2D eigenvalue weighted by atomic mass is 10.0. The molecule has 0 amide bonds. The largest absolute Gasteiger partial charge is 0.496 e. The molecule has 5 nitrogen and oxygen atoms in total. The van der Waals surface area contributed by atoms with Crippen LogP contribution in [0.25, 0.3) is 16.6 Å². The fourth-order valence-corrected chi connectivity index (χ4v) is 5.31. The first-order chi connectivity index (χ1) is 15.3. The first kappa shape index (κ1) is 23.1. The van der Waals surface area contributed by atoms with E-state index in [1.54, 1.807) is 41.9 Å². The highest BCUT2D eigenvalue weighted by Gasteiger charge is 2.24. The lowest BCUT2D eigenvalue weighted by Crippen LogP contribution is -2.16. The van der Waals surface area contributed by atoms with Crippen LogP contribution in [0.5, 0.6) is 5.75 Å². The molecule has 4 rings (SSSR count). The minimum atomic E-state index is 0.432. The van der Waals surface area contributed by atoms with E-state index in [-0.39, 0.29) is 0 Å². The van der Waals surface area contributed by atoms with Crippen LogP contribution in [0.15, 0.2) is 47.6 Å². The summed E-state index contributed by atoms with van der Waals surface area (Å²) in [7, 11) is 5.62. The van der Waals surface area contributed by atoms with Gasteiger partial charge in [0, 0.05) is 48.8 Å². The van der Waals surface area contributed by atoms with Crippen molar-refractivity contribution in [2.45, 2.75) is 11.4 Å². The number of rotatable bonds is 6. The fraction of sp³-hybridized carbons (Fsp3) is 0.217. The summed E-state index contributed by atoms with van der Waals surface area (Å²) in [6, 6.07) is 11.4. The van der Waals surface area contributed by atoms with Crippen LogP contribution in [0.1, 0.15) is 11.1 Å². The van der Waals surface area contributed by atoms with E-state index in [0.29, 0.717) is 27.2 Å². The number of thioether (sulfide) groups is 1. The second-order valence-corrected chi connectivity index (χ2v) is 9.42. The van der Waals surface area contributed by atoms with Crippen LogP contribution in [-0.4, -0.2) is 42.2 Å². The average molecular weight is 508 g/mol. The van der Waals surface area contributed by atoms with Gasteiger partial charge in [-0.05, 0) is 36.1 Å². The van der Waals surface area contributed by atoms with Crippen LogP contribution in [-0.2, 0) is 6.42 Å². The second kappa shape index (κ2) is 9.40. The zero-order chi connectivity index (χ0) is 23.0. The summed E-state index contributed by atoms with van der Waals surface area (Å²) in [5.74, 6) is 1.66. The molecule has 2 aromatic carbocycles. The molecule has 0 saturated heterocycles. The second-order valence-electron chi connectivity index (χ2n) is 7.37. The normalized spacial score (nSPS) is 11.2. The average Bonchev–Trinajstić information content (AvgIpc) is 3.10. The fourth-order valence-electron chi connectivity index (χ4n) is 3.76. The Bertz CT molecular complexity index is 1280. The monoisotopic (exact) mass is 506 g/mol. The molecule has 4 aromatic rings. The number of ether oxygens (including phenoxy) is 1. The van der Waals surface area contributed by atoms with Crippen molar-refractivity contribution < 1.29 is 4.74 Å². The number of anilines is 1. The Labute approximate surface area is 206 Å². The molecular weight excluding hydrogens is 487 g/mol. The molecule has 0 unspecified atom stereocenters. The zero-order valence-electron chi connectivity index (χ0n) is 18.0. The first-order valence-corrected chi connectivity index (χ1v) is 12.1. The van der Waals surface area contributed by atoms with E-state index < -0.39 is 0 Å². The number of fused-ring (bicyclic) bond motifs is 1. The van der Waals surface area contributed by atoms with Gasteiger partial charge in [0.25, 0.3) is 0 Å². The van der Waals surface area contributed by atoms with E-state index in [4.69, 9.17) is 44.6 Å². The number of methoxy groups -OCH3 is 1. The molecule has 32 heavy (non-hydrogen) atoms.